The first-order chi connectivity index (χ1) is 13.8. The van der Waals surface area contributed by atoms with Gasteiger partial charge in [-0.25, -0.2) is 0 Å². The van der Waals surface area contributed by atoms with E-state index in [9.17, 15) is 14.4 Å². The van der Waals surface area contributed by atoms with E-state index in [4.69, 9.17) is 18.9 Å². The SMILES string of the molecule is CC1(C)OCC(C(=O)SCCNC(=O)CCNC(=O)[C@@H]2OC(C)(C)OCC2(C)C)O1. The predicted molar refractivity (Wildman–Crippen MR) is 112 cm³/mol. The second-order valence-corrected chi connectivity index (χ2v) is 10.2. The normalized spacial score (nSPS) is 26.7. The molecule has 0 aliphatic carbocycles. The molecular weight excluding hydrogens is 412 g/mol. The van der Waals surface area contributed by atoms with Crippen LogP contribution < -0.4 is 10.6 Å². The summed E-state index contributed by atoms with van der Waals surface area (Å²) < 4.78 is 22.3. The van der Waals surface area contributed by atoms with Crippen LogP contribution in [0.1, 0.15) is 48.0 Å². The summed E-state index contributed by atoms with van der Waals surface area (Å²) in [5.41, 5.74) is -0.463. The average molecular weight is 447 g/mol. The molecule has 2 heterocycles. The monoisotopic (exact) mass is 446 g/mol. The Labute approximate surface area is 182 Å². The number of nitrogens with one attached hydrogen (secondary N) is 2. The van der Waals surface area contributed by atoms with Crippen molar-refractivity contribution in [3.63, 3.8) is 0 Å². The molecule has 2 N–H and O–H groups in total. The third-order valence-electron chi connectivity index (χ3n) is 4.73. The van der Waals surface area contributed by atoms with E-state index in [0.29, 0.717) is 18.9 Å². The zero-order valence-electron chi connectivity index (χ0n) is 18.7. The van der Waals surface area contributed by atoms with Gasteiger partial charge in [0.05, 0.1) is 13.2 Å². The average Bonchev–Trinajstić information content (AvgIpc) is 3.01. The minimum absolute atomic E-state index is 0.107. The lowest BCUT2D eigenvalue weighted by Gasteiger charge is -2.44. The minimum Gasteiger partial charge on any atom is -0.355 e. The van der Waals surface area contributed by atoms with E-state index in [-0.39, 0.29) is 36.5 Å². The molecular formula is C20H34N2O7S. The molecule has 0 saturated carbocycles. The van der Waals surface area contributed by atoms with Gasteiger partial charge < -0.3 is 29.6 Å². The Kier molecular flexibility index (Phi) is 8.31. The lowest BCUT2D eigenvalue weighted by Crippen LogP contribution is -2.56. The fourth-order valence-electron chi connectivity index (χ4n) is 3.04. The minimum atomic E-state index is -0.824. The molecule has 0 radical (unpaired) electrons. The van der Waals surface area contributed by atoms with Crippen molar-refractivity contribution >= 4 is 28.7 Å². The highest BCUT2D eigenvalue weighted by Crippen LogP contribution is 2.34. The summed E-state index contributed by atoms with van der Waals surface area (Å²) in [6.07, 6.45) is -1.08. The number of rotatable bonds is 8. The maximum absolute atomic E-state index is 12.5. The number of amides is 2. The van der Waals surface area contributed by atoms with Crippen molar-refractivity contribution in [3.8, 4) is 0 Å². The number of carbonyl (C=O) groups excluding carboxylic acids is 3. The number of hydrogen-bond donors (Lipinski definition) is 2. The molecule has 0 bridgehead atoms. The molecule has 30 heavy (non-hydrogen) atoms. The summed E-state index contributed by atoms with van der Waals surface area (Å²) in [5.74, 6) is -1.57. The molecule has 2 rings (SSSR count). The molecule has 2 aliphatic heterocycles. The summed E-state index contributed by atoms with van der Waals surface area (Å²) in [6, 6.07) is 0. The van der Waals surface area contributed by atoms with Crippen LogP contribution in [0.3, 0.4) is 0 Å². The molecule has 2 amide bonds. The van der Waals surface area contributed by atoms with E-state index >= 15 is 0 Å². The van der Waals surface area contributed by atoms with Gasteiger partial charge in [-0.2, -0.15) is 0 Å². The van der Waals surface area contributed by atoms with Gasteiger partial charge in [0, 0.05) is 30.7 Å². The van der Waals surface area contributed by atoms with E-state index in [1.54, 1.807) is 27.7 Å². The van der Waals surface area contributed by atoms with Crippen molar-refractivity contribution in [1.82, 2.24) is 10.6 Å². The summed E-state index contributed by atoms with van der Waals surface area (Å²) >= 11 is 1.11. The first-order valence-corrected chi connectivity index (χ1v) is 11.1. The van der Waals surface area contributed by atoms with Crippen molar-refractivity contribution in [2.45, 2.75) is 71.7 Å². The summed E-state index contributed by atoms with van der Waals surface area (Å²) in [4.78, 5) is 36.5. The Morgan fingerprint density at radius 2 is 1.60 bits per heavy atom. The lowest BCUT2D eigenvalue weighted by atomic mass is 9.85. The van der Waals surface area contributed by atoms with Crippen LogP contribution in [0.25, 0.3) is 0 Å². The Bertz CT molecular complexity index is 651. The smallest absolute Gasteiger partial charge is 0.249 e. The van der Waals surface area contributed by atoms with Crippen LogP contribution in [0.5, 0.6) is 0 Å². The fourth-order valence-corrected chi connectivity index (χ4v) is 3.75. The van der Waals surface area contributed by atoms with Crippen LogP contribution >= 0.6 is 11.8 Å². The molecule has 2 aliphatic rings. The van der Waals surface area contributed by atoms with Crippen LogP contribution in [0.4, 0.5) is 0 Å². The van der Waals surface area contributed by atoms with E-state index in [1.165, 1.54) is 0 Å². The maximum Gasteiger partial charge on any atom is 0.249 e. The van der Waals surface area contributed by atoms with E-state index in [1.807, 2.05) is 13.8 Å². The molecule has 2 saturated heterocycles. The fraction of sp³-hybridized carbons (Fsp3) is 0.850. The molecule has 0 spiro atoms. The lowest BCUT2D eigenvalue weighted by molar-refractivity contribution is -0.304. The third kappa shape index (κ3) is 7.49. The van der Waals surface area contributed by atoms with Crippen LogP contribution in [0.15, 0.2) is 0 Å². The molecule has 0 aromatic carbocycles. The van der Waals surface area contributed by atoms with Gasteiger partial charge in [-0.15, -0.1) is 0 Å². The molecule has 2 fully saturated rings. The van der Waals surface area contributed by atoms with Crippen LogP contribution in [-0.4, -0.2) is 72.8 Å². The first-order valence-electron chi connectivity index (χ1n) is 10.2. The second kappa shape index (κ2) is 9.95. The van der Waals surface area contributed by atoms with E-state index in [2.05, 4.69) is 10.6 Å². The van der Waals surface area contributed by atoms with Crippen molar-refractivity contribution in [3.05, 3.63) is 0 Å². The summed E-state index contributed by atoms with van der Waals surface area (Å²) in [5, 5.41) is 5.39. The molecule has 0 aromatic rings. The Morgan fingerprint density at radius 3 is 2.23 bits per heavy atom. The van der Waals surface area contributed by atoms with Gasteiger partial charge in [-0.1, -0.05) is 25.6 Å². The van der Waals surface area contributed by atoms with Gasteiger partial charge >= 0.3 is 0 Å². The van der Waals surface area contributed by atoms with Crippen molar-refractivity contribution in [2.24, 2.45) is 5.41 Å². The molecule has 0 aromatic heterocycles. The van der Waals surface area contributed by atoms with Crippen molar-refractivity contribution in [2.75, 3.05) is 32.1 Å². The number of carbonyl (C=O) groups is 3. The molecule has 1 unspecified atom stereocenters. The van der Waals surface area contributed by atoms with Crippen molar-refractivity contribution < 1.29 is 33.3 Å². The van der Waals surface area contributed by atoms with E-state index < -0.39 is 29.2 Å². The highest BCUT2D eigenvalue weighted by atomic mass is 32.2. The summed E-state index contributed by atoms with van der Waals surface area (Å²) in [7, 11) is 0. The van der Waals surface area contributed by atoms with E-state index in [0.717, 1.165) is 11.8 Å². The largest absolute Gasteiger partial charge is 0.355 e. The van der Waals surface area contributed by atoms with Crippen LogP contribution in [0, 0.1) is 5.41 Å². The number of thioether (sulfide) groups is 1. The molecule has 9 nitrogen and oxygen atoms in total. The maximum atomic E-state index is 12.5. The van der Waals surface area contributed by atoms with Gasteiger partial charge in [-0.05, 0) is 27.7 Å². The number of hydrogen-bond acceptors (Lipinski definition) is 8. The highest BCUT2D eigenvalue weighted by molar-refractivity contribution is 8.13. The van der Waals surface area contributed by atoms with Gasteiger partial charge in [0.2, 0.25) is 16.9 Å². The van der Waals surface area contributed by atoms with Gasteiger partial charge in [0.15, 0.2) is 17.7 Å². The Morgan fingerprint density at radius 1 is 0.933 bits per heavy atom. The zero-order chi connectivity index (χ0) is 22.6. The van der Waals surface area contributed by atoms with Crippen LogP contribution in [-0.2, 0) is 33.3 Å². The first kappa shape index (κ1) is 25.1. The summed E-state index contributed by atoms with van der Waals surface area (Å²) in [6.45, 7) is 12.1. The Balaban J connectivity index is 1.61. The topological polar surface area (TPSA) is 112 Å². The Hall–Kier alpha value is -1.20. The highest BCUT2D eigenvalue weighted by Gasteiger charge is 2.45. The van der Waals surface area contributed by atoms with Crippen LogP contribution in [0.2, 0.25) is 0 Å². The molecule has 2 atom stereocenters. The van der Waals surface area contributed by atoms with Gasteiger partial charge in [-0.3, -0.25) is 14.4 Å². The number of ether oxygens (including phenoxy) is 4. The third-order valence-corrected chi connectivity index (χ3v) is 5.69. The van der Waals surface area contributed by atoms with Gasteiger partial charge in [0.1, 0.15) is 6.10 Å². The second-order valence-electron chi connectivity index (χ2n) is 9.05. The zero-order valence-corrected chi connectivity index (χ0v) is 19.5. The molecule has 10 heteroatoms. The standard InChI is InChI=1S/C20H34N2O7S/c1-18(2)12-27-20(5,6)29-15(18)16(24)22-8-7-14(23)21-9-10-30-17(25)13-11-26-19(3,4)28-13/h13,15H,7-12H2,1-6H3,(H,21,23)(H,22,24)/t13?,15-/m0/s1. The van der Waals surface area contributed by atoms with Gasteiger partial charge in [0.25, 0.3) is 0 Å². The predicted octanol–water partition coefficient (Wildman–Crippen LogP) is 1.20. The molecule has 172 valence electrons. The quantitative estimate of drug-likeness (QED) is 0.535. The van der Waals surface area contributed by atoms with Crippen molar-refractivity contribution in [1.29, 1.82) is 0 Å².